The van der Waals surface area contributed by atoms with Crippen LogP contribution < -0.4 is 9.47 Å². The van der Waals surface area contributed by atoms with E-state index < -0.39 is 6.10 Å². The minimum absolute atomic E-state index is 0.584. The quantitative estimate of drug-likeness (QED) is 0.791. The van der Waals surface area contributed by atoms with E-state index in [1.165, 1.54) is 0 Å². The molecule has 0 spiro atoms. The highest BCUT2D eigenvalue weighted by Gasteiger charge is 2.18. The van der Waals surface area contributed by atoms with Crippen molar-refractivity contribution in [2.75, 3.05) is 14.2 Å². The third kappa shape index (κ3) is 3.42. The monoisotopic (exact) mass is 414 g/mol. The van der Waals surface area contributed by atoms with Gasteiger partial charge in [0.25, 0.3) is 0 Å². The van der Waals surface area contributed by atoms with E-state index in [-0.39, 0.29) is 0 Å². The fourth-order valence-electron chi connectivity index (χ4n) is 2.04. The molecule has 3 nitrogen and oxygen atoms in total. The lowest BCUT2D eigenvalue weighted by Crippen LogP contribution is -2.03. The molecule has 0 aliphatic rings. The first-order valence-electron chi connectivity index (χ1n) is 6.33. The molecule has 1 unspecified atom stereocenters. The molecule has 1 N–H and O–H groups in total. The Labute approximate surface area is 141 Å². The fourth-order valence-corrected chi connectivity index (χ4v) is 2.97. The van der Waals surface area contributed by atoms with Gasteiger partial charge in [-0.05, 0) is 36.2 Å². The van der Waals surface area contributed by atoms with Gasteiger partial charge in [0.15, 0.2) is 11.5 Å². The second-order valence-electron chi connectivity index (χ2n) is 4.64. The summed E-state index contributed by atoms with van der Waals surface area (Å²) < 4.78 is 12.3. The van der Waals surface area contributed by atoms with Gasteiger partial charge in [-0.3, -0.25) is 0 Å². The van der Waals surface area contributed by atoms with Crippen LogP contribution in [0.4, 0.5) is 0 Å². The lowest BCUT2D eigenvalue weighted by atomic mass is 10.00. The Hall–Kier alpha value is -1.04. The van der Waals surface area contributed by atoms with Crippen LogP contribution in [-0.2, 0) is 0 Å². The summed E-state index contributed by atoms with van der Waals surface area (Å²) in [7, 11) is 3.15. The van der Waals surface area contributed by atoms with Crippen molar-refractivity contribution in [3.63, 3.8) is 0 Å². The van der Waals surface area contributed by atoms with Gasteiger partial charge in [-0.1, -0.05) is 44.0 Å². The molecule has 0 saturated carbocycles. The first-order valence-corrected chi connectivity index (χ1v) is 7.92. The van der Waals surface area contributed by atoms with Gasteiger partial charge < -0.3 is 14.6 Å². The van der Waals surface area contributed by atoms with Crippen LogP contribution in [0.2, 0.25) is 0 Å². The zero-order valence-corrected chi connectivity index (χ0v) is 15.2. The van der Waals surface area contributed by atoms with E-state index in [2.05, 4.69) is 31.9 Å². The zero-order chi connectivity index (χ0) is 15.6. The Kier molecular flexibility index (Phi) is 5.30. The summed E-state index contributed by atoms with van der Waals surface area (Å²) in [6.07, 6.45) is -0.754. The predicted octanol–water partition coefficient (Wildman–Crippen LogP) is 4.62. The molecular weight excluding hydrogens is 400 g/mol. The number of rotatable bonds is 4. The van der Waals surface area contributed by atoms with Gasteiger partial charge in [0, 0.05) is 14.5 Å². The lowest BCUT2D eigenvalue weighted by molar-refractivity contribution is 0.218. The number of benzene rings is 2. The molecule has 5 heteroatoms. The molecule has 2 aromatic rings. The summed E-state index contributed by atoms with van der Waals surface area (Å²) in [5, 5.41) is 10.6. The van der Waals surface area contributed by atoms with Crippen molar-refractivity contribution in [2.24, 2.45) is 0 Å². The average Bonchev–Trinajstić information content (AvgIpc) is 2.49. The van der Waals surface area contributed by atoms with Crippen LogP contribution >= 0.6 is 31.9 Å². The summed E-state index contributed by atoms with van der Waals surface area (Å²) in [5.41, 5.74) is 2.65. The molecule has 0 bridgehead atoms. The van der Waals surface area contributed by atoms with Gasteiger partial charge in [0.05, 0.1) is 14.2 Å². The van der Waals surface area contributed by atoms with Crippen molar-refractivity contribution in [3.8, 4) is 11.5 Å². The van der Waals surface area contributed by atoms with Crippen molar-refractivity contribution in [1.29, 1.82) is 0 Å². The van der Waals surface area contributed by atoms with Crippen LogP contribution in [0, 0.1) is 6.92 Å². The highest BCUT2D eigenvalue weighted by molar-refractivity contribution is 9.10. The van der Waals surface area contributed by atoms with Gasteiger partial charge in [-0.25, -0.2) is 0 Å². The maximum atomic E-state index is 10.6. The SMILES string of the molecule is COc1cc(Br)c(C(O)c2ccc(C)c(Br)c2)cc1OC. The van der Waals surface area contributed by atoms with Crippen molar-refractivity contribution in [1.82, 2.24) is 0 Å². The number of ether oxygens (including phenoxy) is 2. The summed E-state index contributed by atoms with van der Waals surface area (Å²) in [5.74, 6) is 1.20. The molecule has 0 radical (unpaired) electrons. The predicted molar refractivity (Wildman–Crippen MR) is 90.2 cm³/mol. The molecule has 0 aliphatic heterocycles. The van der Waals surface area contributed by atoms with Crippen LogP contribution in [0.1, 0.15) is 22.8 Å². The molecule has 0 amide bonds. The molecular formula is C16H16Br2O3. The Balaban J connectivity index is 2.47. The Morgan fingerprint density at radius 1 is 0.952 bits per heavy atom. The molecule has 21 heavy (non-hydrogen) atoms. The molecule has 0 aliphatic carbocycles. The Morgan fingerprint density at radius 2 is 1.57 bits per heavy atom. The minimum atomic E-state index is -0.754. The maximum absolute atomic E-state index is 10.6. The summed E-state index contributed by atoms with van der Waals surface area (Å²) in [6.45, 7) is 2.01. The maximum Gasteiger partial charge on any atom is 0.161 e. The topological polar surface area (TPSA) is 38.7 Å². The third-order valence-electron chi connectivity index (χ3n) is 3.31. The minimum Gasteiger partial charge on any atom is -0.493 e. The molecule has 0 aromatic heterocycles. The highest BCUT2D eigenvalue weighted by Crippen LogP contribution is 2.38. The molecule has 2 rings (SSSR count). The first-order chi connectivity index (χ1) is 9.97. The van der Waals surface area contributed by atoms with Crippen molar-refractivity contribution < 1.29 is 14.6 Å². The fraction of sp³-hybridized carbons (Fsp3) is 0.250. The van der Waals surface area contributed by atoms with Crippen molar-refractivity contribution >= 4 is 31.9 Å². The second kappa shape index (κ2) is 6.81. The number of aliphatic hydroxyl groups excluding tert-OH is 1. The summed E-state index contributed by atoms with van der Waals surface area (Å²) in [4.78, 5) is 0. The van der Waals surface area contributed by atoms with Gasteiger partial charge in [-0.2, -0.15) is 0 Å². The Bertz CT molecular complexity index is 656. The van der Waals surface area contributed by atoms with E-state index in [0.29, 0.717) is 11.5 Å². The largest absolute Gasteiger partial charge is 0.493 e. The van der Waals surface area contributed by atoms with Crippen LogP contribution in [0.5, 0.6) is 11.5 Å². The van der Waals surface area contributed by atoms with Crippen molar-refractivity contribution in [2.45, 2.75) is 13.0 Å². The third-order valence-corrected chi connectivity index (χ3v) is 4.85. The normalized spacial score (nSPS) is 12.1. The van der Waals surface area contributed by atoms with Gasteiger partial charge >= 0.3 is 0 Å². The number of halogens is 2. The number of aliphatic hydroxyl groups is 1. The highest BCUT2D eigenvalue weighted by atomic mass is 79.9. The van der Waals surface area contributed by atoms with E-state index in [1.807, 2.05) is 25.1 Å². The number of hydrogen-bond acceptors (Lipinski definition) is 3. The molecule has 0 fully saturated rings. The molecule has 112 valence electrons. The average molecular weight is 416 g/mol. The lowest BCUT2D eigenvalue weighted by Gasteiger charge is -2.17. The van der Waals surface area contributed by atoms with Crippen LogP contribution in [-0.4, -0.2) is 19.3 Å². The molecule has 2 aromatic carbocycles. The Morgan fingerprint density at radius 3 is 2.14 bits per heavy atom. The smallest absolute Gasteiger partial charge is 0.161 e. The van der Waals surface area contributed by atoms with Crippen LogP contribution in [0.25, 0.3) is 0 Å². The van der Waals surface area contributed by atoms with E-state index in [9.17, 15) is 5.11 Å². The van der Waals surface area contributed by atoms with Gasteiger partial charge in [0.1, 0.15) is 6.10 Å². The standard InChI is InChI=1S/C16H16Br2O3/c1-9-4-5-10(6-12(9)17)16(19)11-7-14(20-2)15(21-3)8-13(11)18/h4-8,16,19H,1-3H3. The first kappa shape index (κ1) is 16.3. The van der Waals surface area contributed by atoms with E-state index in [0.717, 1.165) is 25.6 Å². The van der Waals surface area contributed by atoms with Gasteiger partial charge in [0.2, 0.25) is 0 Å². The summed E-state index contributed by atoms with van der Waals surface area (Å²) in [6, 6.07) is 9.37. The van der Waals surface area contributed by atoms with E-state index in [1.54, 1.807) is 26.4 Å². The van der Waals surface area contributed by atoms with Gasteiger partial charge in [-0.15, -0.1) is 0 Å². The molecule has 0 saturated heterocycles. The number of aryl methyl sites for hydroxylation is 1. The summed E-state index contributed by atoms with van der Waals surface area (Å²) >= 11 is 6.96. The second-order valence-corrected chi connectivity index (χ2v) is 6.35. The van der Waals surface area contributed by atoms with Crippen molar-refractivity contribution in [3.05, 3.63) is 56.0 Å². The van der Waals surface area contributed by atoms with Crippen LogP contribution in [0.15, 0.2) is 39.3 Å². The molecule has 1 atom stereocenters. The van der Waals surface area contributed by atoms with Crippen LogP contribution in [0.3, 0.4) is 0 Å². The zero-order valence-electron chi connectivity index (χ0n) is 12.0. The molecule has 0 heterocycles. The number of methoxy groups -OCH3 is 2. The van der Waals surface area contributed by atoms with E-state index >= 15 is 0 Å². The number of hydrogen-bond donors (Lipinski definition) is 1. The van der Waals surface area contributed by atoms with E-state index in [4.69, 9.17) is 9.47 Å².